The first kappa shape index (κ1) is 19.9. The first-order chi connectivity index (χ1) is 13.4. The van der Waals surface area contributed by atoms with Gasteiger partial charge < -0.3 is 10.2 Å². The van der Waals surface area contributed by atoms with Crippen molar-refractivity contribution < 1.29 is 9.59 Å². The molecule has 1 heterocycles. The van der Waals surface area contributed by atoms with E-state index in [0.717, 1.165) is 23.2 Å². The number of hydrogen-bond acceptors (Lipinski definition) is 2. The quantitative estimate of drug-likeness (QED) is 0.815. The fourth-order valence-electron chi connectivity index (χ4n) is 3.44. The molecule has 0 spiro atoms. The summed E-state index contributed by atoms with van der Waals surface area (Å²) in [6.45, 7) is 10.0. The molecule has 0 unspecified atom stereocenters. The van der Waals surface area contributed by atoms with Gasteiger partial charge in [-0.1, -0.05) is 42.8 Å². The van der Waals surface area contributed by atoms with Gasteiger partial charge >= 0.3 is 6.03 Å². The molecule has 2 aromatic rings. The lowest BCUT2D eigenvalue weighted by Crippen LogP contribution is -2.38. The van der Waals surface area contributed by atoms with Gasteiger partial charge in [-0.2, -0.15) is 0 Å². The third kappa shape index (κ3) is 4.19. The Balaban J connectivity index is 1.90. The van der Waals surface area contributed by atoms with E-state index in [1.54, 1.807) is 4.90 Å². The fraction of sp³-hybridized carbons (Fsp3) is 0.391. The lowest BCUT2D eigenvalue weighted by molar-refractivity contribution is 0.0671. The van der Waals surface area contributed by atoms with Crippen LogP contribution in [-0.4, -0.2) is 36.0 Å². The number of hydrogen-bond donors (Lipinski definition) is 1. The van der Waals surface area contributed by atoms with Crippen LogP contribution in [-0.2, 0) is 6.54 Å². The van der Waals surface area contributed by atoms with E-state index < -0.39 is 0 Å². The van der Waals surface area contributed by atoms with E-state index in [2.05, 4.69) is 50.4 Å². The van der Waals surface area contributed by atoms with Crippen molar-refractivity contribution in [3.05, 3.63) is 64.7 Å². The normalized spacial score (nSPS) is 14.7. The van der Waals surface area contributed by atoms with Crippen molar-refractivity contribution >= 4 is 17.6 Å². The van der Waals surface area contributed by atoms with Crippen molar-refractivity contribution in [3.63, 3.8) is 0 Å². The number of carbonyl (C=O) groups excluding carboxylic acids is 2. The SMILES string of the molecule is CC[C@H](C)N(Cc1ccc(C)cc1)C(=O)c1ccc(C)c(N2CCNC2=O)c1. The minimum atomic E-state index is -0.105. The molecular weight excluding hydrogens is 350 g/mol. The first-order valence-electron chi connectivity index (χ1n) is 9.93. The summed E-state index contributed by atoms with van der Waals surface area (Å²) in [6.07, 6.45) is 0.880. The van der Waals surface area contributed by atoms with Crippen LogP contribution in [0.1, 0.15) is 47.3 Å². The maximum Gasteiger partial charge on any atom is 0.322 e. The Kier molecular flexibility index (Phi) is 6.02. The summed E-state index contributed by atoms with van der Waals surface area (Å²) in [6, 6.07) is 14.0. The van der Waals surface area contributed by atoms with Crippen molar-refractivity contribution in [2.75, 3.05) is 18.0 Å². The highest BCUT2D eigenvalue weighted by Gasteiger charge is 2.26. The second-order valence-electron chi connectivity index (χ2n) is 7.56. The van der Waals surface area contributed by atoms with Crippen LogP contribution in [0.3, 0.4) is 0 Å². The topological polar surface area (TPSA) is 52.7 Å². The van der Waals surface area contributed by atoms with Crippen molar-refractivity contribution in [2.24, 2.45) is 0 Å². The van der Waals surface area contributed by atoms with Crippen molar-refractivity contribution in [1.29, 1.82) is 0 Å². The number of nitrogens with zero attached hydrogens (tertiary/aromatic N) is 2. The number of anilines is 1. The van der Waals surface area contributed by atoms with Crippen molar-refractivity contribution in [1.82, 2.24) is 10.2 Å². The summed E-state index contributed by atoms with van der Waals surface area (Å²) in [5.41, 5.74) is 4.73. The second-order valence-corrected chi connectivity index (χ2v) is 7.56. The average molecular weight is 380 g/mol. The van der Waals surface area contributed by atoms with Crippen LogP contribution in [0, 0.1) is 13.8 Å². The zero-order valence-corrected chi connectivity index (χ0v) is 17.2. The number of urea groups is 1. The number of benzene rings is 2. The molecule has 1 atom stereocenters. The highest BCUT2D eigenvalue weighted by molar-refractivity contribution is 5.99. The molecule has 28 heavy (non-hydrogen) atoms. The molecule has 1 aliphatic rings. The highest BCUT2D eigenvalue weighted by atomic mass is 16.2. The Hall–Kier alpha value is -2.82. The molecule has 3 rings (SSSR count). The molecule has 0 radical (unpaired) electrons. The van der Waals surface area contributed by atoms with Crippen LogP contribution in [0.5, 0.6) is 0 Å². The van der Waals surface area contributed by atoms with Gasteiger partial charge in [-0.05, 0) is 50.5 Å². The van der Waals surface area contributed by atoms with E-state index in [-0.39, 0.29) is 18.0 Å². The molecular formula is C23H29N3O2. The van der Waals surface area contributed by atoms with Gasteiger partial charge in [0.1, 0.15) is 0 Å². The Morgan fingerprint density at radius 2 is 1.89 bits per heavy atom. The van der Waals surface area contributed by atoms with E-state index in [0.29, 0.717) is 25.2 Å². The van der Waals surface area contributed by atoms with Crippen LogP contribution in [0.2, 0.25) is 0 Å². The molecule has 5 heteroatoms. The molecule has 148 valence electrons. The predicted molar refractivity (Wildman–Crippen MR) is 113 cm³/mol. The second kappa shape index (κ2) is 8.46. The monoisotopic (exact) mass is 379 g/mol. The molecule has 1 aliphatic heterocycles. The summed E-state index contributed by atoms with van der Waals surface area (Å²) in [5, 5.41) is 2.82. The third-order valence-electron chi connectivity index (χ3n) is 5.46. The molecule has 1 saturated heterocycles. The summed E-state index contributed by atoms with van der Waals surface area (Å²) in [4.78, 5) is 29.1. The predicted octanol–water partition coefficient (Wildman–Crippen LogP) is 4.27. The number of aryl methyl sites for hydroxylation is 2. The van der Waals surface area contributed by atoms with Crippen LogP contribution >= 0.6 is 0 Å². The van der Waals surface area contributed by atoms with Crippen molar-refractivity contribution in [3.8, 4) is 0 Å². The lowest BCUT2D eigenvalue weighted by atomic mass is 10.1. The van der Waals surface area contributed by atoms with E-state index in [9.17, 15) is 9.59 Å². The molecule has 0 saturated carbocycles. The minimum Gasteiger partial charge on any atom is -0.336 e. The van der Waals surface area contributed by atoms with Gasteiger partial charge in [0.25, 0.3) is 5.91 Å². The van der Waals surface area contributed by atoms with Crippen molar-refractivity contribution in [2.45, 2.75) is 46.7 Å². The molecule has 2 aromatic carbocycles. The molecule has 5 nitrogen and oxygen atoms in total. The van der Waals surface area contributed by atoms with Crippen LogP contribution < -0.4 is 10.2 Å². The van der Waals surface area contributed by atoms with Gasteiger partial charge in [0, 0.05) is 36.9 Å². The van der Waals surface area contributed by atoms with Gasteiger partial charge in [-0.25, -0.2) is 4.79 Å². The molecule has 1 fully saturated rings. The summed E-state index contributed by atoms with van der Waals surface area (Å²) in [5.74, 6) is -0.00391. The number of nitrogens with one attached hydrogen (secondary N) is 1. The van der Waals surface area contributed by atoms with Crippen LogP contribution in [0.15, 0.2) is 42.5 Å². The third-order valence-corrected chi connectivity index (χ3v) is 5.46. The van der Waals surface area contributed by atoms with E-state index in [1.165, 1.54) is 5.56 Å². The molecule has 0 bridgehead atoms. The summed E-state index contributed by atoms with van der Waals surface area (Å²) < 4.78 is 0. The maximum absolute atomic E-state index is 13.4. The number of amides is 3. The Bertz CT molecular complexity index is 861. The molecule has 1 N–H and O–H groups in total. The average Bonchev–Trinajstić information content (AvgIpc) is 3.12. The number of carbonyl (C=O) groups is 2. The molecule has 0 aliphatic carbocycles. The van der Waals surface area contributed by atoms with Crippen LogP contribution in [0.25, 0.3) is 0 Å². The van der Waals surface area contributed by atoms with Gasteiger partial charge in [0.15, 0.2) is 0 Å². The Labute approximate surface area is 167 Å². The first-order valence-corrected chi connectivity index (χ1v) is 9.93. The Morgan fingerprint density at radius 1 is 1.18 bits per heavy atom. The maximum atomic E-state index is 13.4. The highest BCUT2D eigenvalue weighted by Crippen LogP contribution is 2.25. The fourth-order valence-corrected chi connectivity index (χ4v) is 3.44. The summed E-state index contributed by atoms with van der Waals surface area (Å²) in [7, 11) is 0. The zero-order chi connectivity index (χ0) is 20.3. The molecule has 0 aromatic heterocycles. The summed E-state index contributed by atoms with van der Waals surface area (Å²) >= 11 is 0. The Morgan fingerprint density at radius 3 is 2.50 bits per heavy atom. The van der Waals surface area contributed by atoms with Gasteiger partial charge in [-0.3, -0.25) is 9.69 Å². The largest absolute Gasteiger partial charge is 0.336 e. The van der Waals surface area contributed by atoms with Crippen LogP contribution in [0.4, 0.5) is 10.5 Å². The zero-order valence-electron chi connectivity index (χ0n) is 17.2. The van der Waals surface area contributed by atoms with Gasteiger partial charge in [0.2, 0.25) is 0 Å². The standard InChI is InChI=1S/C23H29N3O2/c1-5-18(4)26(15-19-9-6-16(2)7-10-19)22(27)20-11-8-17(3)21(14-20)25-13-12-24-23(25)28/h6-11,14,18H,5,12-13,15H2,1-4H3,(H,24,28)/t18-/m0/s1. The van der Waals surface area contributed by atoms with E-state index >= 15 is 0 Å². The van der Waals surface area contributed by atoms with Gasteiger partial charge in [-0.15, -0.1) is 0 Å². The smallest absolute Gasteiger partial charge is 0.322 e. The van der Waals surface area contributed by atoms with E-state index in [1.807, 2.05) is 30.0 Å². The lowest BCUT2D eigenvalue weighted by Gasteiger charge is -2.29. The van der Waals surface area contributed by atoms with Gasteiger partial charge in [0.05, 0.1) is 0 Å². The minimum absolute atomic E-state index is 0.00391. The number of rotatable bonds is 6. The molecule has 3 amide bonds. The van der Waals surface area contributed by atoms with E-state index in [4.69, 9.17) is 0 Å².